The second-order valence-corrected chi connectivity index (χ2v) is 7.45. The van der Waals surface area contributed by atoms with Gasteiger partial charge in [0, 0.05) is 0 Å². The Morgan fingerprint density at radius 1 is 1.16 bits per heavy atom. The lowest BCUT2D eigenvalue weighted by Gasteiger charge is -2.08. The Morgan fingerprint density at radius 2 is 2.00 bits per heavy atom. The van der Waals surface area contributed by atoms with Crippen LogP contribution in [0.1, 0.15) is 38.5 Å². The number of nitrogens with one attached hydrogen (secondary N) is 1. The molecule has 0 aliphatic rings. The number of carbonyl (C=O) groups excluding carboxylic acids is 1. The molecular formula is C23H22FN5O3. The molecule has 0 aliphatic heterocycles. The molecule has 4 aromatic rings. The summed E-state index contributed by atoms with van der Waals surface area (Å²) in [5.74, 6) is 0.451. The number of nitrogens with zero attached hydrogens (tertiary/aromatic N) is 4. The minimum atomic E-state index is -0.510. The van der Waals surface area contributed by atoms with E-state index >= 15 is 0 Å². The van der Waals surface area contributed by atoms with E-state index in [0.29, 0.717) is 23.6 Å². The molecule has 0 radical (unpaired) electrons. The van der Waals surface area contributed by atoms with Gasteiger partial charge in [-0.1, -0.05) is 23.4 Å². The topological polar surface area (TPSA) is 95.1 Å². The number of ether oxygens (including phenoxy) is 1. The molecule has 0 atom stereocenters. The standard InChI is InChI=1S/C23H22FN5O3/c1-14-7-8-19(9-15(14)2)31-12-20-16(3)32-28-21(20)22(30)26-23-25-13-29(27-23)11-17-5-4-6-18(24)10-17/h4-10,13H,11-12H2,1-3H3,(H,26,27,30). The van der Waals surface area contributed by atoms with Crippen LogP contribution in [0.2, 0.25) is 0 Å². The van der Waals surface area contributed by atoms with E-state index < -0.39 is 5.91 Å². The number of carbonyl (C=O) groups is 1. The summed E-state index contributed by atoms with van der Waals surface area (Å²) in [4.78, 5) is 16.8. The SMILES string of the molecule is Cc1ccc(OCc2c(C(=O)Nc3ncn(Cc4cccc(F)c4)n3)noc2C)cc1C. The van der Waals surface area contributed by atoms with E-state index in [2.05, 4.69) is 20.6 Å². The Morgan fingerprint density at radius 3 is 2.78 bits per heavy atom. The van der Waals surface area contributed by atoms with Gasteiger partial charge in [-0.05, 0) is 61.7 Å². The first-order valence-corrected chi connectivity index (χ1v) is 9.99. The van der Waals surface area contributed by atoms with Crippen LogP contribution < -0.4 is 10.1 Å². The van der Waals surface area contributed by atoms with Crippen LogP contribution in [0.15, 0.2) is 53.3 Å². The van der Waals surface area contributed by atoms with E-state index in [4.69, 9.17) is 9.26 Å². The number of benzene rings is 2. The Balaban J connectivity index is 1.43. The highest BCUT2D eigenvalue weighted by Crippen LogP contribution is 2.21. The minimum absolute atomic E-state index is 0.104. The highest BCUT2D eigenvalue weighted by Gasteiger charge is 2.21. The molecule has 0 bridgehead atoms. The van der Waals surface area contributed by atoms with Crippen LogP contribution in [0.5, 0.6) is 5.75 Å². The number of aryl methyl sites for hydroxylation is 3. The van der Waals surface area contributed by atoms with Gasteiger partial charge in [0.15, 0.2) is 5.69 Å². The van der Waals surface area contributed by atoms with Crippen molar-refractivity contribution in [1.29, 1.82) is 0 Å². The zero-order valence-electron chi connectivity index (χ0n) is 17.9. The van der Waals surface area contributed by atoms with Gasteiger partial charge in [0.05, 0.1) is 12.1 Å². The molecule has 0 aliphatic carbocycles. The molecule has 2 aromatic heterocycles. The van der Waals surface area contributed by atoms with Gasteiger partial charge in [0.25, 0.3) is 5.91 Å². The van der Waals surface area contributed by atoms with Crippen molar-refractivity contribution in [2.24, 2.45) is 0 Å². The van der Waals surface area contributed by atoms with Crippen LogP contribution in [0.3, 0.4) is 0 Å². The summed E-state index contributed by atoms with van der Waals surface area (Å²) in [6.07, 6.45) is 1.46. The third-order valence-electron chi connectivity index (χ3n) is 5.06. The molecule has 0 saturated heterocycles. The summed E-state index contributed by atoms with van der Waals surface area (Å²) in [6, 6.07) is 12.0. The smallest absolute Gasteiger partial charge is 0.280 e. The monoisotopic (exact) mass is 435 g/mol. The highest BCUT2D eigenvalue weighted by atomic mass is 19.1. The van der Waals surface area contributed by atoms with Crippen LogP contribution in [-0.4, -0.2) is 25.8 Å². The van der Waals surface area contributed by atoms with Gasteiger partial charge in [-0.25, -0.2) is 14.1 Å². The molecule has 2 aromatic carbocycles. The van der Waals surface area contributed by atoms with Crippen molar-refractivity contribution in [2.75, 3.05) is 5.32 Å². The predicted molar refractivity (Wildman–Crippen MR) is 115 cm³/mol. The number of rotatable bonds is 7. The number of amides is 1. The molecule has 1 amide bonds. The Bertz CT molecular complexity index is 1260. The normalized spacial score (nSPS) is 10.9. The third kappa shape index (κ3) is 4.83. The average molecular weight is 435 g/mol. The number of aromatic nitrogens is 4. The summed E-state index contributed by atoms with van der Waals surface area (Å²) in [6.45, 7) is 6.20. The summed E-state index contributed by atoms with van der Waals surface area (Å²) in [5.41, 5.74) is 3.66. The molecule has 9 heteroatoms. The Hall–Kier alpha value is -4.01. The maximum absolute atomic E-state index is 13.4. The van der Waals surface area contributed by atoms with Crippen LogP contribution in [0.4, 0.5) is 10.3 Å². The van der Waals surface area contributed by atoms with Gasteiger partial charge < -0.3 is 9.26 Å². The van der Waals surface area contributed by atoms with Crippen molar-refractivity contribution in [2.45, 2.75) is 33.9 Å². The maximum atomic E-state index is 13.4. The lowest BCUT2D eigenvalue weighted by Crippen LogP contribution is -2.16. The van der Waals surface area contributed by atoms with Crippen molar-refractivity contribution >= 4 is 11.9 Å². The van der Waals surface area contributed by atoms with Crippen molar-refractivity contribution in [1.82, 2.24) is 19.9 Å². The molecule has 0 fully saturated rings. The lowest BCUT2D eigenvalue weighted by molar-refractivity contribution is 0.101. The lowest BCUT2D eigenvalue weighted by atomic mass is 10.1. The first kappa shape index (κ1) is 21.2. The third-order valence-corrected chi connectivity index (χ3v) is 5.06. The molecule has 2 heterocycles. The van der Waals surface area contributed by atoms with E-state index in [9.17, 15) is 9.18 Å². The highest BCUT2D eigenvalue weighted by molar-refractivity contribution is 6.02. The summed E-state index contributed by atoms with van der Waals surface area (Å²) < 4.78 is 25.9. The summed E-state index contributed by atoms with van der Waals surface area (Å²) in [7, 11) is 0. The Labute approximate surface area is 184 Å². The number of anilines is 1. The number of hydrogen-bond acceptors (Lipinski definition) is 6. The van der Waals surface area contributed by atoms with Crippen molar-refractivity contribution in [3.63, 3.8) is 0 Å². The fourth-order valence-electron chi connectivity index (χ4n) is 3.11. The first-order valence-electron chi connectivity index (χ1n) is 9.99. The predicted octanol–water partition coefficient (Wildman–Crippen LogP) is 4.21. The molecule has 0 unspecified atom stereocenters. The number of halogens is 1. The van der Waals surface area contributed by atoms with E-state index in [1.165, 1.54) is 28.7 Å². The molecule has 0 spiro atoms. The van der Waals surface area contributed by atoms with Crippen molar-refractivity contribution in [3.05, 3.63) is 88.3 Å². The zero-order valence-corrected chi connectivity index (χ0v) is 17.9. The van der Waals surface area contributed by atoms with Crippen molar-refractivity contribution < 1.29 is 18.4 Å². The second-order valence-electron chi connectivity index (χ2n) is 7.45. The fourth-order valence-corrected chi connectivity index (χ4v) is 3.11. The summed E-state index contributed by atoms with van der Waals surface area (Å²) >= 11 is 0. The van der Waals surface area contributed by atoms with Gasteiger partial charge in [0.2, 0.25) is 5.95 Å². The van der Waals surface area contributed by atoms with Crippen molar-refractivity contribution in [3.8, 4) is 5.75 Å². The largest absolute Gasteiger partial charge is 0.489 e. The Kier molecular flexibility index (Phi) is 5.98. The molecule has 1 N–H and O–H groups in total. The van der Waals surface area contributed by atoms with E-state index in [-0.39, 0.29) is 24.1 Å². The van der Waals surface area contributed by atoms with Gasteiger partial charge in [-0.3, -0.25) is 10.1 Å². The summed E-state index contributed by atoms with van der Waals surface area (Å²) in [5, 5.41) is 10.7. The molecule has 0 saturated carbocycles. The maximum Gasteiger partial charge on any atom is 0.280 e. The molecule has 32 heavy (non-hydrogen) atoms. The van der Waals surface area contributed by atoms with Gasteiger partial charge in [-0.2, -0.15) is 0 Å². The van der Waals surface area contributed by atoms with Crippen LogP contribution in [0, 0.1) is 26.6 Å². The van der Waals surface area contributed by atoms with Crippen LogP contribution in [0.25, 0.3) is 0 Å². The van der Waals surface area contributed by atoms with E-state index in [0.717, 1.165) is 11.1 Å². The van der Waals surface area contributed by atoms with Crippen LogP contribution in [-0.2, 0) is 13.2 Å². The van der Waals surface area contributed by atoms with Gasteiger partial charge in [-0.15, -0.1) is 5.10 Å². The molecule has 164 valence electrons. The first-order chi connectivity index (χ1) is 15.4. The van der Waals surface area contributed by atoms with Crippen LogP contribution >= 0.6 is 0 Å². The quantitative estimate of drug-likeness (QED) is 0.467. The van der Waals surface area contributed by atoms with E-state index in [1.807, 2.05) is 32.0 Å². The van der Waals surface area contributed by atoms with Gasteiger partial charge in [0.1, 0.15) is 30.3 Å². The fraction of sp³-hybridized carbons (Fsp3) is 0.217. The minimum Gasteiger partial charge on any atom is -0.489 e. The molecule has 8 nitrogen and oxygen atoms in total. The number of hydrogen-bond donors (Lipinski definition) is 1. The average Bonchev–Trinajstić information content (AvgIpc) is 3.35. The zero-order chi connectivity index (χ0) is 22.7. The molecule has 4 rings (SSSR count). The van der Waals surface area contributed by atoms with E-state index in [1.54, 1.807) is 19.1 Å². The second kappa shape index (κ2) is 9.01. The van der Waals surface area contributed by atoms with Gasteiger partial charge >= 0.3 is 0 Å². The molecular weight excluding hydrogens is 413 g/mol.